The van der Waals surface area contributed by atoms with Crippen molar-refractivity contribution < 1.29 is 14.3 Å². The van der Waals surface area contributed by atoms with Gasteiger partial charge in [-0.05, 0) is 24.4 Å². The maximum absolute atomic E-state index is 12.6. The summed E-state index contributed by atoms with van der Waals surface area (Å²) in [5.41, 5.74) is 4.26. The summed E-state index contributed by atoms with van der Waals surface area (Å²) in [6.07, 6.45) is 0. The zero-order valence-electron chi connectivity index (χ0n) is 11.7. The number of rotatable bonds is 2. The lowest BCUT2D eigenvalue weighted by molar-refractivity contribution is -0.150. The molecule has 1 fully saturated rings. The van der Waals surface area contributed by atoms with E-state index in [-0.39, 0.29) is 12.5 Å². The molecule has 0 spiro atoms. The predicted molar refractivity (Wildman–Crippen MR) is 81.3 cm³/mol. The fraction of sp³-hybridized carbons (Fsp3) is 0.333. The number of fused-ring (bicyclic) bond motifs is 1. The maximum atomic E-state index is 12.6. The van der Waals surface area contributed by atoms with Crippen LogP contribution in [0.3, 0.4) is 0 Å². The van der Waals surface area contributed by atoms with E-state index >= 15 is 0 Å². The van der Waals surface area contributed by atoms with Gasteiger partial charge in [0, 0.05) is 11.2 Å². The van der Waals surface area contributed by atoms with Crippen LogP contribution in [-0.4, -0.2) is 42.0 Å². The molecule has 0 saturated carbocycles. The molecular formula is C15H16N2O3S. The summed E-state index contributed by atoms with van der Waals surface area (Å²) in [4.78, 5) is 26.4. The van der Waals surface area contributed by atoms with Gasteiger partial charge < -0.3 is 15.4 Å². The normalized spacial score (nSPS) is 22.4. The molecule has 0 bridgehead atoms. The van der Waals surface area contributed by atoms with Crippen LogP contribution in [0.1, 0.15) is 16.6 Å². The number of benzene rings is 1. The van der Waals surface area contributed by atoms with Gasteiger partial charge in [-0.2, -0.15) is 0 Å². The molecule has 0 radical (unpaired) electrons. The molecule has 6 heteroatoms. The second-order valence-corrected chi connectivity index (χ2v) is 6.40. The van der Waals surface area contributed by atoms with Gasteiger partial charge in [-0.15, -0.1) is 11.3 Å². The molecule has 5 nitrogen and oxygen atoms in total. The zero-order valence-corrected chi connectivity index (χ0v) is 12.5. The van der Waals surface area contributed by atoms with Gasteiger partial charge >= 0.3 is 0 Å². The molecule has 1 aromatic carbocycles. The molecule has 2 amide bonds. The number of ether oxygens (including phenoxy) is 1. The number of morpholine rings is 1. The molecule has 21 heavy (non-hydrogen) atoms. The molecule has 3 rings (SSSR count). The summed E-state index contributed by atoms with van der Waals surface area (Å²) in [5.74, 6) is -0.622. The Morgan fingerprint density at radius 3 is 2.86 bits per heavy atom. The van der Waals surface area contributed by atoms with Crippen LogP contribution in [0.5, 0.6) is 0 Å². The van der Waals surface area contributed by atoms with E-state index in [4.69, 9.17) is 10.5 Å². The highest BCUT2D eigenvalue weighted by atomic mass is 32.1. The van der Waals surface area contributed by atoms with Crippen LogP contribution in [0.25, 0.3) is 10.1 Å². The molecular weight excluding hydrogens is 288 g/mol. The first kappa shape index (κ1) is 14.0. The number of hydrogen-bond acceptors (Lipinski definition) is 4. The quantitative estimate of drug-likeness (QED) is 0.916. The van der Waals surface area contributed by atoms with E-state index in [1.54, 1.807) is 11.8 Å². The van der Waals surface area contributed by atoms with Crippen LogP contribution in [0.4, 0.5) is 0 Å². The second kappa shape index (κ2) is 5.13. The summed E-state index contributed by atoms with van der Waals surface area (Å²) >= 11 is 1.46. The maximum Gasteiger partial charge on any atom is 0.264 e. The number of thiophene rings is 1. The van der Waals surface area contributed by atoms with Crippen molar-refractivity contribution in [1.29, 1.82) is 0 Å². The minimum atomic E-state index is -1.11. The minimum Gasteiger partial charge on any atom is -0.367 e. The van der Waals surface area contributed by atoms with Crippen LogP contribution < -0.4 is 5.73 Å². The number of nitrogens with zero attached hydrogens (tertiary/aromatic N) is 1. The van der Waals surface area contributed by atoms with Gasteiger partial charge in [-0.25, -0.2) is 0 Å². The topological polar surface area (TPSA) is 72.6 Å². The summed E-state index contributed by atoms with van der Waals surface area (Å²) in [5, 5.41) is 1.05. The third-order valence-electron chi connectivity index (χ3n) is 3.72. The average molecular weight is 304 g/mol. The van der Waals surface area contributed by atoms with Gasteiger partial charge in [0.25, 0.3) is 11.8 Å². The number of carbonyl (C=O) groups excluding carboxylic acids is 2. The van der Waals surface area contributed by atoms with Crippen LogP contribution in [-0.2, 0) is 9.53 Å². The van der Waals surface area contributed by atoms with E-state index in [0.29, 0.717) is 18.0 Å². The van der Waals surface area contributed by atoms with Gasteiger partial charge in [-0.3, -0.25) is 9.59 Å². The van der Waals surface area contributed by atoms with E-state index in [1.807, 2.05) is 30.3 Å². The monoisotopic (exact) mass is 304 g/mol. The van der Waals surface area contributed by atoms with Crippen molar-refractivity contribution in [3.8, 4) is 0 Å². The van der Waals surface area contributed by atoms with Crippen LogP contribution in [0.15, 0.2) is 30.3 Å². The van der Waals surface area contributed by atoms with Gasteiger partial charge in [0.2, 0.25) is 0 Å². The Labute approximate surface area is 126 Å². The largest absolute Gasteiger partial charge is 0.367 e. The second-order valence-electron chi connectivity index (χ2n) is 5.32. The predicted octanol–water partition coefficient (Wildman–Crippen LogP) is 1.62. The summed E-state index contributed by atoms with van der Waals surface area (Å²) in [6.45, 7) is 2.60. The lowest BCUT2D eigenvalue weighted by Crippen LogP contribution is -2.58. The first-order valence-electron chi connectivity index (χ1n) is 6.71. The number of amides is 2. The lowest BCUT2D eigenvalue weighted by Gasteiger charge is -2.38. The Morgan fingerprint density at radius 1 is 1.38 bits per heavy atom. The van der Waals surface area contributed by atoms with Gasteiger partial charge in [0.05, 0.1) is 18.0 Å². The first-order valence-corrected chi connectivity index (χ1v) is 7.53. The molecule has 2 heterocycles. The van der Waals surface area contributed by atoms with Gasteiger partial charge in [-0.1, -0.05) is 18.2 Å². The Morgan fingerprint density at radius 2 is 2.14 bits per heavy atom. The zero-order chi connectivity index (χ0) is 15.0. The Balaban J connectivity index is 1.86. The first-order chi connectivity index (χ1) is 9.99. The molecule has 0 aliphatic carbocycles. The fourth-order valence-corrected chi connectivity index (χ4v) is 3.47. The number of hydrogen-bond donors (Lipinski definition) is 1. The van der Waals surface area contributed by atoms with E-state index in [0.717, 1.165) is 10.1 Å². The molecule has 1 aromatic heterocycles. The van der Waals surface area contributed by atoms with Crippen molar-refractivity contribution in [2.24, 2.45) is 5.73 Å². The van der Waals surface area contributed by atoms with Crippen molar-refractivity contribution in [3.05, 3.63) is 35.2 Å². The summed E-state index contributed by atoms with van der Waals surface area (Å²) in [6, 6.07) is 9.76. The lowest BCUT2D eigenvalue weighted by atomic mass is 10.0. The molecule has 1 aliphatic rings. The standard InChI is InChI=1S/C15H16N2O3S/c1-15(14(16)19)9-17(6-7-20-15)13(18)12-8-10-4-2-3-5-11(10)21-12/h2-5,8H,6-7,9H2,1H3,(H2,16,19). The molecule has 2 aromatic rings. The number of carbonyl (C=O) groups is 2. The Hall–Kier alpha value is -1.92. The molecule has 1 atom stereocenters. The van der Waals surface area contributed by atoms with E-state index < -0.39 is 11.5 Å². The minimum absolute atomic E-state index is 0.0769. The van der Waals surface area contributed by atoms with E-state index in [2.05, 4.69) is 0 Å². The summed E-state index contributed by atoms with van der Waals surface area (Å²) < 4.78 is 6.51. The van der Waals surface area contributed by atoms with Gasteiger partial charge in [0.1, 0.15) is 0 Å². The number of nitrogens with two attached hydrogens (primary N) is 1. The smallest absolute Gasteiger partial charge is 0.264 e. The summed E-state index contributed by atoms with van der Waals surface area (Å²) in [7, 11) is 0. The average Bonchev–Trinajstić information content (AvgIpc) is 2.90. The SMILES string of the molecule is CC1(C(N)=O)CN(C(=O)c2cc3ccccc3s2)CCO1. The highest BCUT2D eigenvalue weighted by Crippen LogP contribution is 2.27. The van der Waals surface area contributed by atoms with Crippen LogP contribution >= 0.6 is 11.3 Å². The fourth-order valence-electron chi connectivity index (χ4n) is 2.44. The Kier molecular flexibility index (Phi) is 3.43. The van der Waals surface area contributed by atoms with Gasteiger partial charge in [0.15, 0.2) is 5.60 Å². The third-order valence-corrected chi connectivity index (χ3v) is 4.82. The highest BCUT2D eigenvalue weighted by Gasteiger charge is 2.39. The van der Waals surface area contributed by atoms with Crippen LogP contribution in [0.2, 0.25) is 0 Å². The van der Waals surface area contributed by atoms with Crippen molar-refractivity contribution >= 4 is 33.2 Å². The third kappa shape index (κ3) is 2.52. The van der Waals surface area contributed by atoms with Crippen molar-refractivity contribution in [3.63, 3.8) is 0 Å². The van der Waals surface area contributed by atoms with E-state index in [1.165, 1.54) is 11.3 Å². The molecule has 1 aliphatic heterocycles. The molecule has 2 N–H and O–H groups in total. The highest BCUT2D eigenvalue weighted by molar-refractivity contribution is 7.20. The van der Waals surface area contributed by atoms with Crippen molar-refractivity contribution in [2.45, 2.75) is 12.5 Å². The molecule has 110 valence electrons. The van der Waals surface area contributed by atoms with Crippen molar-refractivity contribution in [2.75, 3.05) is 19.7 Å². The molecule has 1 unspecified atom stereocenters. The van der Waals surface area contributed by atoms with E-state index in [9.17, 15) is 9.59 Å². The number of primary amides is 1. The van der Waals surface area contributed by atoms with Crippen molar-refractivity contribution in [1.82, 2.24) is 4.90 Å². The molecule has 1 saturated heterocycles. The Bertz CT molecular complexity index is 679. The van der Waals surface area contributed by atoms with Crippen LogP contribution in [0, 0.1) is 0 Å².